The summed E-state index contributed by atoms with van der Waals surface area (Å²) in [5, 5.41) is 4.11. The van der Waals surface area contributed by atoms with Crippen molar-refractivity contribution in [2.75, 3.05) is 37.7 Å². The molecule has 0 saturated carbocycles. The molecule has 0 N–H and O–H groups in total. The minimum absolute atomic E-state index is 0.0453. The summed E-state index contributed by atoms with van der Waals surface area (Å²) < 4.78 is 49.8. The van der Waals surface area contributed by atoms with Crippen LogP contribution < -0.4 is 9.64 Å². The van der Waals surface area contributed by atoms with Gasteiger partial charge in [-0.25, -0.2) is 0 Å². The van der Waals surface area contributed by atoms with Crippen molar-refractivity contribution in [3.8, 4) is 17.1 Å². The first kappa shape index (κ1) is 24.6. The number of carbonyl (C=O) groups excluding carboxylic acids is 1. The normalized spacial score (nSPS) is 14.3. The number of ether oxygens (including phenoxy) is 1. The summed E-state index contributed by atoms with van der Waals surface area (Å²) in [6.45, 7) is 4.52. The monoisotopic (exact) mass is 487 g/mol. The Labute approximate surface area is 202 Å². The van der Waals surface area contributed by atoms with Gasteiger partial charge in [0.1, 0.15) is 5.75 Å². The second-order valence-electron chi connectivity index (χ2n) is 8.41. The molecular formula is C26H28F3N3O3. The number of hydrogen-bond acceptors (Lipinski definition) is 5. The number of amides is 1. The van der Waals surface area contributed by atoms with Gasteiger partial charge in [-0.05, 0) is 62.2 Å². The van der Waals surface area contributed by atoms with Crippen LogP contribution in [-0.4, -0.2) is 48.7 Å². The van der Waals surface area contributed by atoms with Crippen LogP contribution in [0.4, 0.5) is 18.9 Å². The molecule has 1 saturated heterocycles. The largest absolute Gasteiger partial charge is 0.494 e. The molecule has 0 aliphatic carbocycles. The van der Waals surface area contributed by atoms with E-state index in [4.69, 9.17) is 9.26 Å². The van der Waals surface area contributed by atoms with Crippen molar-refractivity contribution >= 4 is 11.6 Å². The first-order chi connectivity index (χ1) is 16.8. The van der Waals surface area contributed by atoms with E-state index >= 15 is 0 Å². The van der Waals surface area contributed by atoms with Crippen LogP contribution in [-0.2, 0) is 17.4 Å². The summed E-state index contributed by atoms with van der Waals surface area (Å²) in [6.07, 6.45) is -2.72. The molecule has 1 aromatic heterocycles. The molecule has 1 aliphatic rings. The van der Waals surface area contributed by atoms with Crippen LogP contribution in [0.2, 0.25) is 0 Å². The quantitative estimate of drug-likeness (QED) is 0.424. The van der Waals surface area contributed by atoms with Gasteiger partial charge in [-0.15, -0.1) is 0 Å². The highest BCUT2D eigenvalue weighted by molar-refractivity contribution is 5.76. The summed E-state index contributed by atoms with van der Waals surface area (Å²) in [4.78, 5) is 16.3. The van der Waals surface area contributed by atoms with Crippen LogP contribution in [0.5, 0.6) is 5.75 Å². The Hall–Kier alpha value is -3.49. The highest BCUT2D eigenvalue weighted by atomic mass is 19.4. The summed E-state index contributed by atoms with van der Waals surface area (Å²) in [5.41, 5.74) is 1.56. The Morgan fingerprint density at radius 1 is 1.06 bits per heavy atom. The molecule has 2 aromatic carbocycles. The molecule has 0 atom stereocenters. The molecule has 3 aromatic rings. The number of aryl methyl sites for hydroxylation is 1. The van der Waals surface area contributed by atoms with Crippen LogP contribution in [0.25, 0.3) is 11.3 Å². The van der Waals surface area contributed by atoms with Crippen LogP contribution in [0.1, 0.15) is 31.0 Å². The Morgan fingerprint density at radius 3 is 2.49 bits per heavy atom. The topological polar surface area (TPSA) is 58.8 Å². The van der Waals surface area contributed by atoms with Gasteiger partial charge in [0.25, 0.3) is 0 Å². The highest BCUT2D eigenvalue weighted by Crippen LogP contribution is 2.32. The zero-order valence-electron chi connectivity index (χ0n) is 19.6. The molecule has 1 fully saturated rings. The molecule has 186 valence electrons. The maximum atomic E-state index is 13.0. The fraction of sp³-hybridized carbons (Fsp3) is 0.385. The van der Waals surface area contributed by atoms with Crippen molar-refractivity contribution in [2.24, 2.45) is 0 Å². The summed E-state index contributed by atoms with van der Waals surface area (Å²) >= 11 is 0. The number of piperazine rings is 1. The van der Waals surface area contributed by atoms with E-state index < -0.39 is 11.7 Å². The second-order valence-corrected chi connectivity index (χ2v) is 8.41. The molecule has 1 amide bonds. The predicted molar refractivity (Wildman–Crippen MR) is 126 cm³/mol. The molecule has 35 heavy (non-hydrogen) atoms. The van der Waals surface area contributed by atoms with Gasteiger partial charge in [0, 0.05) is 49.9 Å². The number of benzene rings is 2. The van der Waals surface area contributed by atoms with Crippen molar-refractivity contribution in [3.63, 3.8) is 0 Å². The van der Waals surface area contributed by atoms with Gasteiger partial charge in [-0.2, -0.15) is 13.2 Å². The zero-order chi connectivity index (χ0) is 24.8. The fourth-order valence-electron chi connectivity index (χ4n) is 4.12. The third-order valence-electron chi connectivity index (χ3n) is 6.00. The number of alkyl halides is 3. The number of nitrogens with zero attached hydrogens (tertiary/aromatic N) is 3. The van der Waals surface area contributed by atoms with Crippen LogP contribution >= 0.6 is 0 Å². The number of carbonyl (C=O) groups is 1. The third kappa shape index (κ3) is 6.35. The van der Waals surface area contributed by atoms with Crippen LogP contribution in [0, 0.1) is 0 Å². The van der Waals surface area contributed by atoms with Gasteiger partial charge in [-0.3, -0.25) is 4.79 Å². The molecule has 1 aliphatic heterocycles. The van der Waals surface area contributed by atoms with Crippen molar-refractivity contribution in [3.05, 3.63) is 65.9 Å². The minimum atomic E-state index is -4.37. The number of aromatic nitrogens is 1. The smallest absolute Gasteiger partial charge is 0.416 e. The van der Waals surface area contributed by atoms with E-state index in [0.717, 1.165) is 29.1 Å². The second kappa shape index (κ2) is 10.8. The van der Waals surface area contributed by atoms with E-state index in [2.05, 4.69) is 5.16 Å². The standard InChI is InChI=1S/C26H28F3N3O3/c1-2-34-23-11-9-19(10-12-23)24-18-21(30-35-24)6-4-8-25(33)32-15-13-31(14-16-32)22-7-3-5-20(17-22)26(27,28)29/h3,5,7,9-12,17-18H,2,4,6,8,13-16H2,1H3. The SMILES string of the molecule is CCOc1ccc(-c2cc(CCCC(=O)N3CCN(c4cccc(C(F)(F)F)c4)CC3)no2)cc1. The molecule has 2 heterocycles. The zero-order valence-corrected chi connectivity index (χ0v) is 19.6. The molecule has 0 spiro atoms. The molecule has 4 rings (SSSR count). The Kier molecular flexibility index (Phi) is 7.63. The molecular weight excluding hydrogens is 459 g/mol. The summed E-state index contributed by atoms with van der Waals surface area (Å²) in [5.74, 6) is 1.51. The van der Waals surface area contributed by atoms with E-state index in [-0.39, 0.29) is 5.91 Å². The predicted octanol–water partition coefficient (Wildman–Crippen LogP) is 5.43. The number of hydrogen-bond donors (Lipinski definition) is 0. The molecule has 0 unspecified atom stereocenters. The lowest BCUT2D eigenvalue weighted by molar-refractivity contribution is -0.137. The van der Waals surface area contributed by atoms with E-state index in [9.17, 15) is 18.0 Å². The summed E-state index contributed by atoms with van der Waals surface area (Å²) in [6, 6.07) is 14.8. The molecule has 0 bridgehead atoms. The lowest BCUT2D eigenvalue weighted by Crippen LogP contribution is -2.48. The van der Waals surface area contributed by atoms with E-state index in [1.54, 1.807) is 11.0 Å². The molecule has 0 radical (unpaired) electrons. The first-order valence-corrected chi connectivity index (χ1v) is 11.7. The van der Waals surface area contributed by atoms with Crippen LogP contribution in [0.3, 0.4) is 0 Å². The van der Waals surface area contributed by atoms with Gasteiger partial charge in [0.05, 0.1) is 17.9 Å². The Morgan fingerprint density at radius 2 is 1.80 bits per heavy atom. The fourth-order valence-corrected chi connectivity index (χ4v) is 4.12. The van der Waals surface area contributed by atoms with Gasteiger partial charge >= 0.3 is 6.18 Å². The van der Waals surface area contributed by atoms with Gasteiger partial charge in [0.2, 0.25) is 5.91 Å². The van der Waals surface area contributed by atoms with Crippen LogP contribution in [0.15, 0.2) is 59.1 Å². The molecule has 6 nitrogen and oxygen atoms in total. The maximum absolute atomic E-state index is 13.0. The minimum Gasteiger partial charge on any atom is -0.494 e. The average molecular weight is 488 g/mol. The maximum Gasteiger partial charge on any atom is 0.416 e. The highest BCUT2D eigenvalue weighted by Gasteiger charge is 2.31. The number of anilines is 1. The lowest BCUT2D eigenvalue weighted by Gasteiger charge is -2.36. The third-order valence-corrected chi connectivity index (χ3v) is 6.00. The van der Waals surface area contributed by atoms with Gasteiger partial charge in [-0.1, -0.05) is 11.2 Å². The molecule has 9 heteroatoms. The van der Waals surface area contributed by atoms with Gasteiger partial charge in [0.15, 0.2) is 5.76 Å². The van der Waals surface area contributed by atoms with E-state index in [1.165, 1.54) is 6.07 Å². The van der Waals surface area contributed by atoms with E-state index in [0.29, 0.717) is 63.5 Å². The van der Waals surface area contributed by atoms with Crippen molar-refractivity contribution in [1.29, 1.82) is 0 Å². The lowest BCUT2D eigenvalue weighted by atomic mass is 10.1. The van der Waals surface area contributed by atoms with Crippen molar-refractivity contribution < 1.29 is 27.2 Å². The first-order valence-electron chi connectivity index (χ1n) is 11.7. The van der Waals surface area contributed by atoms with Gasteiger partial charge < -0.3 is 19.1 Å². The van der Waals surface area contributed by atoms with Crippen molar-refractivity contribution in [1.82, 2.24) is 10.1 Å². The average Bonchev–Trinajstić information content (AvgIpc) is 3.33. The van der Waals surface area contributed by atoms with Crippen molar-refractivity contribution in [2.45, 2.75) is 32.4 Å². The summed E-state index contributed by atoms with van der Waals surface area (Å²) in [7, 11) is 0. The van der Waals surface area contributed by atoms with E-state index in [1.807, 2.05) is 42.2 Å². The Bertz CT molecular complexity index is 1120. The number of halogens is 3. The number of rotatable bonds is 8. The Balaban J connectivity index is 1.22.